The van der Waals surface area contributed by atoms with E-state index in [2.05, 4.69) is 29.8 Å². The van der Waals surface area contributed by atoms with Crippen LogP contribution in [0.1, 0.15) is 40.0 Å². The molecule has 1 aliphatic heterocycles. The van der Waals surface area contributed by atoms with E-state index in [0.29, 0.717) is 6.04 Å². The first-order valence-electron chi connectivity index (χ1n) is 6.78. The van der Waals surface area contributed by atoms with Gasteiger partial charge in [0, 0.05) is 25.7 Å². The number of nitrogens with zero attached hydrogens (tertiary/aromatic N) is 3. The molecule has 1 rings (SSSR count). The van der Waals surface area contributed by atoms with Gasteiger partial charge in [-0.15, -0.1) is 0 Å². The molecule has 1 saturated heterocycles. The third-order valence-corrected chi connectivity index (χ3v) is 3.77. The molecule has 0 N–H and O–H groups in total. The zero-order valence-corrected chi connectivity index (χ0v) is 11.9. The molecule has 0 amide bonds. The molecule has 1 atom stereocenters. The minimum atomic E-state index is -0.145. The standard InChI is InChI=1S/C14H27N3/c1-13-11-16(4)9-10-17(13)8-6-5-7-14(2,3)12-15/h13H,5-11H2,1-4H3. The zero-order valence-electron chi connectivity index (χ0n) is 11.9. The van der Waals surface area contributed by atoms with Gasteiger partial charge < -0.3 is 4.90 Å². The number of piperazine rings is 1. The molecule has 0 aromatic heterocycles. The van der Waals surface area contributed by atoms with Gasteiger partial charge in [-0.05, 0) is 47.2 Å². The fourth-order valence-electron chi connectivity index (χ4n) is 2.45. The lowest BCUT2D eigenvalue weighted by molar-refractivity contribution is 0.0979. The fraction of sp³-hybridized carbons (Fsp3) is 0.929. The summed E-state index contributed by atoms with van der Waals surface area (Å²) in [6, 6.07) is 3.05. The molecular weight excluding hydrogens is 210 g/mol. The highest BCUT2D eigenvalue weighted by Gasteiger charge is 2.21. The monoisotopic (exact) mass is 237 g/mol. The van der Waals surface area contributed by atoms with Crippen molar-refractivity contribution >= 4 is 0 Å². The van der Waals surface area contributed by atoms with E-state index in [1.54, 1.807) is 0 Å². The van der Waals surface area contributed by atoms with Crippen molar-refractivity contribution in [3.05, 3.63) is 0 Å². The van der Waals surface area contributed by atoms with Crippen LogP contribution >= 0.6 is 0 Å². The Morgan fingerprint density at radius 1 is 1.29 bits per heavy atom. The largest absolute Gasteiger partial charge is 0.304 e. The summed E-state index contributed by atoms with van der Waals surface area (Å²) in [5.41, 5.74) is -0.145. The second kappa shape index (κ2) is 6.37. The van der Waals surface area contributed by atoms with Crippen LogP contribution in [0.15, 0.2) is 0 Å². The van der Waals surface area contributed by atoms with Crippen LogP contribution in [-0.4, -0.2) is 49.1 Å². The van der Waals surface area contributed by atoms with Crippen LogP contribution in [0, 0.1) is 16.7 Å². The first kappa shape index (κ1) is 14.5. The summed E-state index contributed by atoms with van der Waals surface area (Å²) in [4.78, 5) is 4.99. The van der Waals surface area contributed by atoms with Crippen LogP contribution in [0.5, 0.6) is 0 Å². The Balaban J connectivity index is 2.17. The maximum atomic E-state index is 8.95. The first-order chi connectivity index (χ1) is 7.94. The minimum Gasteiger partial charge on any atom is -0.304 e. The molecule has 1 aliphatic rings. The number of rotatable bonds is 5. The molecule has 0 bridgehead atoms. The lowest BCUT2D eigenvalue weighted by atomic mass is 9.89. The molecule has 0 saturated carbocycles. The number of hydrogen-bond donors (Lipinski definition) is 0. The van der Waals surface area contributed by atoms with Gasteiger partial charge in [0.25, 0.3) is 0 Å². The SMILES string of the molecule is CC1CN(C)CCN1CCCCC(C)(C)C#N. The molecule has 17 heavy (non-hydrogen) atoms. The van der Waals surface area contributed by atoms with Crippen molar-refractivity contribution in [1.82, 2.24) is 9.80 Å². The number of nitriles is 1. The van der Waals surface area contributed by atoms with Gasteiger partial charge in [-0.3, -0.25) is 4.90 Å². The molecular formula is C14H27N3. The summed E-state index contributed by atoms with van der Waals surface area (Å²) in [7, 11) is 2.20. The van der Waals surface area contributed by atoms with Gasteiger partial charge in [0.05, 0.1) is 11.5 Å². The summed E-state index contributed by atoms with van der Waals surface area (Å²) < 4.78 is 0. The summed E-state index contributed by atoms with van der Waals surface area (Å²) in [6.45, 7) is 11.1. The molecule has 3 nitrogen and oxygen atoms in total. The smallest absolute Gasteiger partial charge is 0.0683 e. The van der Waals surface area contributed by atoms with Gasteiger partial charge in [0.2, 0.25) is 0 Å². The van der Waals surface area contributed by atoms with E-state index < -0.39 is 0 Å². The Morgan fingerprint density at radius 2 is 2.00 bits per heavy atom. The Kier molecular flexibility index (Phi) is 5.42. The molecule has 0 aromatic carbocycles. The average Bonchev–Trinajstić information content (AvgIpc) is 2.27. The molecule has 0 radical (unpaired) electrons. The van der Waals surface area contributed by atoms with Gasteiger partial charge in [-0.1, -0.05) is 6.42 Å². The summed E-state index contributed by atoms with van der Waals surface area (Å²) in [5.74, 6) is 0. The second-order valence-electron chi connectivity index (χ2n) is 6.10. The Labute approximate surface area is 106 Å². The van der Waals surface area contributed by atoms with Crippen molar-refractivity contribution in [2.24, 2.45) is 5.41 Å². The van der Waals surface area contributed by atoms with Crippen molar-refractivity contribution in [2.45, 2.75) is 46.1 Å². The van der Waals surface area contributed by atoms with E-state index in [-0.39, 0.29) is 5.41 Å². The normalized spacial score (nSPS) is 23.6. The Bertz CT molecular complexity index is 267. The molecule has 0 spiro atoms. The van der Waals surface area contributed by atoms with Crippen molar-refractivity contribution in [3.63, 3.8) is 0 Å². The third kappa shape index (κ3) is 5.06. The molecule has 1 fully saturated rings. The molecule has 3 heteroatoms. The van der Waals surface area contributed by atoms with E-state index >= 15 is 0 Å². The molecule has 0 aromatic rings. The van der Waals surface area contributed by atoms with E-state index in [1.807, 2.05) is 13.8 Å². The highest BCUT2D eigenvalue weighted by molar-refractivity contribution is 4.91. The van der Waals surface area contributed by atoms with Crippen LogP contribution in [-0.2, 0) is 0 Å². The maximum Gasteiger partial charge on any atom is 0.0683 e. The molecule has 0 aliphatic carbocycles. The zero-order chi connectivity index (χ0) is 12.9. The average molecular weight is 237 g/mol. The first-order valence-corrected chi connectivity index (χ1v) is 6.78. The molecule has 1 heterocycles. The van der Waals surface area contributed by atoms with Gasteiger partial charge in [0.1, 0.15) is 0 Å². The number of unbranched alkanes of at least 4 members (excludes halogenated alkanes) is 1. The van der Waals surface area contributed by atoms with Gasteiger partial charge in [0.15, 0.2) is 0 Å². The number of hydrogen-bond acceptors (Lipinski definition) is 3. The quantitative estimate of drug-likeness (QED) is 0.688. The van der Waals surface area contributed by atoms with Gasteiger partial charge in [-0.2, -0.15) is 5.26 Å². The topological polar surface area (TPSA) is 30.3 Å². The lowest BCUT2D eigenvalue weighted by Crippen LogP contribution is -2.50. The van der Waals surface area contributed by atoms with Crippen LogP contribution in [0.2, 0.25) is 0 Å². The summed E-state index contributed by atoms with van der Waals surface area (Å²) >= 11 is 0. The fourth-order valence-corrected chi connectivity index (χ4v) is 2.45. The van der Waals surface area contributed by atoms with Gasteiger partial charge >= 0.3 is 0 Å². The van der Waals surface area contributed by atoms with Crippen molar-refractivity contribution in [1.29, 1.82) is 5.26 Å². The maximum absolute atomic E-state index is 8.95. The predicted octanol–water partition coefficient (Wildman–Crippen LogP) is 2.34. The van der Waals surface area contributed by atoms with Crippen LogP contribution in [0.4, 0.5) is 0 Å². The second-order valence-corrected chi connectivity index (χ2v) is 6.10. The molecule has 98 valence electrons. The summed E-state index contributed by atoms with van der Waals surface area (Å²) in [5, 5.41) is 8.95. The van der Waals surface area contributed by atoms with E-state index in [0.717, 1.165) is 6.42 Å². The minimum absolute atomic E-state index is 0.145. The highest BCUT2D eigenvalue weighted by atomic mass is 15.3. The van der Waals surface area contributed by atoms with Crippen LogP contribution in [0.3, 0.4) is 0 Å². The Morgan fingerprint density at radius 3 is 2.59 bits per heavy atom. The van der Waals surface area contributed by atoms with E-state index in [1.165, 1.54) is 39.0 Å². The van der Waals surface area contributed by atoms with Crippen molar-refractivity contribution in [2.75, 3.05) is 33.2 Å². The van der Waals surface area contributed by atoms with Crippen molar-refractivity contribution < 1.29 is 0 Å². The summed E-state index contributed by atoms with van der Waals surface area (Å²) in [6.07, 6.45) is 3.41. The lowest BCUT2D eigenvalue weighted by Gasteiger charge is -2.38. The number of likely N-dealkylation sites (N-methyl/N-ethyl adjacent to an activating group) is 1. The van der Waals surface area contributed by atoms with Crippen molar-refractivity contribution in [3.8, 4) is 6.07 Å². The predicted molar refractivity (Wildman–Crippen MR) is 71.8 cm³/mol. The third-order valence-electron chi connectivity index (χ3n) is 3.77. The van der Waals surface area contributed by atoms with Crippen LogP contribution in [0.25, 0.3) is 0 Å². The highest BCUT2D eigenvalue weighted by Crippen LogP contribution is 2.22. The molecule has 1 unspecified atom stereocenters. The van der Waals surface area contributed by atoms with E-state index in [9.17, 15) is 0 Å². The van der Waals surface area contributed by atoms with E-state index in [4.69, 9.17) is 5.26 Å². The Hall–Kier alpha value is -0.590. The van der Waals surface area contributed by atoms with Gasteiger partial charge in [-0.25, -0.2) is 0 Å². The van der Waals surface area contributed by atoms with Crippen LogP contribution < -0.4 is 0 Å².